The summed E-state index contributed by atoms with van der Waals surface area (Å²) >= 11 is 5.99. The average molecular weight is 491 g/mol. The van der Waals surface area contributed by atoms with E-state index in [1.54, 1.807) is 12.5 Å². The number of halogens is 2. The second kappa shape index (κ2) is 10.0. The van der Waals surface area contributed by atoms with Crippen molar-refractivity contribution in [3.8, 4) is 5.69 Å². The highest BCUT2D eigenvalue weighted by Gasteiger charge is 2.32. The van der Waals surface area contributed by atoms with Crippen molar-refractivity contribution in [3.63, 3.8) is 0 Å². The molecule has 1 aliphatic heterocycles. The summed E-state index contributed by atoms with van der Waals surface area (Å²) in [7, 11) is -3.75. The van der Waals surface area contributed by atoms with Crippen LogP contribution in [0.15, 0.2) is 61.2 Å². The molecule has 33 heavy (non-hydrogen) atoms. The molecule has 10 heteroatoms. The number of amides is 1. The molecule has 1 saturated heterocycles. The Morgan fingerprint density at radius 2 is 1.91 bits per heavy atom. The molecule has 3 aromatic rings. The molecule has 1 N–H and O–H groups in total. The molecule has 1 aliphatic rings. The van der Waals surface area contributed by atoms with E-state index >= 15 is 0 Å². The Bertz CT molecular complexity index is 1210. The Hall–Kier alpha value is -2.75. The van der Waals surface area contributed by atoms with Gasteiger partial charge in [0.15, 0.2) is 0 Å². The summed E-state index contributed by atoms with van der Waals surface area (Å²) in [6.07, 6.45) is 6.03. The average Bonchev–Trinajstić information content (AvgIpc) is 3.35. The lowest BCUT2D eigenvalue weighted by Crippen LogP contribution is -2.43. The molecule has 1 aromatic heterocycles. The van der Waals surface area contributed by atoms with Crippen molar-refractivity contribution in [2.24, 2.45) is 5.92 Å². The highest BCUT2D eigenvalue weighted by atomic mass is 35.5. The molecule has 2 aromatic carbocycles. The minimum Gasteiger partial charge on any atom is -0.352 e. The van der Waals surface area contributed by atoms with E-state index in [9.17, 15) is 17.6 Å². The number of hydrogen-bond acceptors (Lipinski definition) is 4. The van der Waals surface area contributed by atoms with Crippen LogP contribution in [-0.2, 0) is 27.1 Å². The molecule has 4 rings (SSSR count). The highest BCUT2D eigenvalue weighted by molar-refractivity contribution is 7.88. The number of imidazole rings is 1. The number of carbonyl (C=O) groups is 1. The van der Waals surface area contributed by atoms with E-state index in [2.05, 4.69) is 10.3 Å². The first-order valence-electron chi connectivity index (χ1n) is 10.6. The topological polar surface area (TPSA) is 84.3 Å². The normalized spacial score (nSPS) is 15.5. The Morgan fingerprint density at radius 1 is 1.15 bits per heavy atom. The van der Waals surface area contributed by atoms with E-state index in [1.807, 2.05) is 35.0 Å². The van der Waals surface area contributed by atoms with Gasteiger partial charge in [-0.2, -0.15) is 0 Å². The fourth-order valence-electron chi connectivity index (χ4n) is 3.98. The van der Waals surface area contributed by atoms with Gasteiger partial charge < -0.3 is 9.88 Å². The largest absolute Gasteiger partial charge is 0.352 e. The zero-order valence-corrected chi connectivity index (χ0v) is 19.4. The lowest BCUT2D eigenvalue weighted by Gasteiger charge is -2.30. The van der Waals surface area contributed by atoms with Crippen LogP contribution in [0, 0.1) is 11.7 Å². The van der Waals surface area contributed by atoms with Crippen molar-refractivity contribution in [1.82, 2.24) is 19.2 Å². The zero-order valence-electron chi connectivity index (χ0n) is 17.8. The van der Waals surface area contributed by atoms with Crippen LogP contribution in [0.4, 0.5) is 4.39 Å². The molecule has 0 spiro atoms. The summed E-state index contributed by atoms with van der Waals surface area (Å²) < 4.78 is 42.8. The Kier molecular flexibility index (Phi) is 7.11. The number of nitrogens with zero attached hydrogens (tertiary/aromatic N) is 3. The second-order valence-corrected chi connectivity index (χ2v) is 10.3. The number of benzene rings is 2. The van der Waals surface area contributed by atoms with Crippen LogP contribution in [0.3, 0.4) is 0 Å². The molecule has 0 unspecified atom stereocenters. The van der Waals surface area contributed by atoms with Crippen LogP contribution < -0.4 is 5.32 Å². The number of aromatic nitrogens is 2. The zero-order chi connectivity index (χ0) is 23.4. The summed E-state index contributed by atoms with van der Waals surface area (Å²) in [5.74, 6) is -1.53. The van der Waals surface area contributed by atoms with Gasteiger partial charge in [-0.15, -0.1) is 0 Å². The standard InChI is InChI=1S/C23H24ClFN4O3S/c24-20-5-3-6-21(25)19(20)15-33(31,32)29-11-8-17(9-12-29)23(30)27-14-18-4-1-2-7-22(18)28-13-10-26-16-28/h1-7,10,13,16-17H,8-9,11-12,14-15H2,(H,27,30). The second-order valence-electron chi connectivity index (χ2n) is 7.95. The van der Waals surface area contributed by atoms with Crippen molar-refractivity contribution < 1.29 is 17.6 Å². The number of sulfonamides is 1. The Morgan fingerprint density at radius 3 is 2.61 bits per heavy atom. The van der Waals surface area contributed by atoms with E-state index in [1.165, 1.54) is 22.5 Å². The first-order valence-corrected chi connectivity index (χ1v) is 12.6. The van der Waals surface area contributed by atoms with Crippen LogP contribution in [0.5, 0.6) is 0 Å². The SMILES string of the molecule is O=C(NCc1ccccc1-n1ccnc1)C1CCN(S(=O)(=O)Cc2c(F)cccc2Cl)CC1. The summed E-state index contributed by atoms with van der Waals surface area (Å²) in [5.41, 5.74) is 1.85. The molecule has 2 heterocycles. The van der Waals surface area contributed by atoms with Gasteiger partial charge in [-0.25, -0.2) is 22.1 Å². The molecule has 1 amide bonds. The fraction of sp³-hybridized carbons (Fsp3) is 0.304. The molecule has 7 nitrogen and oxygen atoms in total. The van der Waals surface area contributed by atoms with Gasteiger partial charge in [0.25, 0.3) is 0 Å². The van der Waals surface area contributed by atoms with E-state index < -0.39 is 21.6 Å². The molecule has 0 aliphatic carbocycles. The number of piperidine rings is 1. The third kappa shape index (κ3) is 5.43. The highest BCUT2D eigenvalue weighted by Crippen LogP contribution is 2.26. The first kappa shape index (κ1) is 23.4. The van der Waals surface area contributed by atoms with Crippen LogP contribution in [0.25, 0.3) is 5.69 Å². The van der Waals surface area contributed by atoms with Crippen LogP contribution >= 0.6 is 11.6 Å². The Labute approximate surface area is 197 Å². The van der Waals surface area contributed by atoms with Gasteiger partial charge in [0.05, 0.1) is 17.8 Å². The monoisotopic (exact) mass is 490 g/mol. The van der Waals surface area contributed by atoms with Gasteiger partial charge in [-0.05, 0) is 36.6 Å². The third-order valence-electron chi connectivity index (χ3n) is 5.83. The summed E-state index contributed by atoms with van der Waals surface area (Å²) in [6, 6.07) is 11.8. The number of nitrogens with one attached hydrogen (secondary N) is 1. The molecule has 0 radical (unpaired) electrons. The molecule has 0 saturated carbocycles. The predicted molar refractivity (Wildman–Crippen MR) is 124 cm³/mol. The molecule has 0 atom stereocenters. The minimum absolute atomic E-state index is 0.0319. The van der Waals surface area contributed by atoms with E-state index in [0.717, 1.165) is 11.3 Å². The van der Waals surface area contributed by atoms with Crippen LogP contribution in [0.1, 0.15) is 24.0 Å². The summed E-state index contributed by atoms with van der Waals surface area (Å²) in [6.45, 7) is 0.772. The van der Waals surface area contributed by atoms with Gasteiger partial charge >= 0.3 is 0 Å². The number of para-hydroxylation sites is 1. The van der Waals surface area contributed by atoms with Gasteiger partial charge in [-0.1, -0.05) is 35.9 Å². The molecular weight excluding hydrogens is 467 g/mol. The molecular formula is C23H24ClFN4O3S. The maximum absolute atomic E-state index is 14.0. The van der Waals surface area contributed by atoms with Crippen molar-refractivity contribution in [2.45, 2.75) is 25.1 Å². The number of carbonyl (C=O) groups excluding carboxylic acids is 1. The van der Waals surface area contributed by atoms with Crippen molar-refractivity contribution in [2.75, 3.05) is 13.1 Å². The molecule has 1 fully saturated rings. The molecule has 0 bridgehead atoms. The van der Waals surface area contributed by atoms with Gasteiger partial charge in [-0.3, -0.25) is 4.79 Å². The van der Waals surface area contributed by atoms with E-state index in [-0.39, 0.29) is 35.5 Å². The van der Waals surface area contributed by atoms with Gasteiger partial charge in [0.2, 0.25) is 15.9 Å². The number of hydrogen-bond donors (Lipinski definition) is 1. The maximum atomic E-state index is 14.0. The predicted octanol–water partition coefficient (Wildman–Crippen LogP) is 3.52. The van der Waals surface area contributed by atoms with Crippen LogP contribution in [0.2, 0.25) is 5.02 Å². The lowest BCUT2D eigenvalue weighted by atomic mass is 9.97. The third-order valence-corrected chi connectivity index (χ3v) is 7.99. The summed E-state index contributed by atoms with van der Waals surface area (Å²) in [4.78, 5) is 16.8. The van der Waals surface area contributed by atoms with Crippen molar-refractivity contribution in [3.05, 3.63) is 83.2 Å². The smallest absolute Gasteiger partial charge is 0.223 e. The van der Waals surface area contributed by atoms with Crippen molar-refractivity contribution in [1.29, 1.82) is 0 Å². The fourth-order valence-corrected chi connectivity index (χ4v) is 5.90. The van der Waals surface area contributed by atoms with Gasteiger partial charge in [0, 0.05) is 48.5 Å². The minimum atomic E-state index is -3.75. The Balaban J connectivity index is 1.33. The maximum Gasteiger partial charge on any atom is 0.223 e. The first-order chi connectivity index (χ1) is 15.8. The van der Waals surface area contributed by atoms with E-state index in [4.69, 9.17) is 11.6 Å². The van der Waals surface area contributed by atoms with E-state index in [0.29, 0.717) is 19.4 Å². The van der Waals surface area contributed by atoms with Crippen LogP contribution in [-0.4, -0.2) is 41.3 Å². The number of rotatable bonds is 7. The lowest BCUT2D eigenvalue weighted by molar-refractivity contribution is -0.126. The van der Waals surface area contributed by atoms with Gasteiger partial charge in [0.1, 0.15) is 5.82 Å². The molecule has 174 valence electrons. The summed E-state index contributed by atoms with van der Waals surface area (Å²) in [5, 5.41) is 3.06. The van der Waals surface area contributed by atoms with Crippen molar-refractivity contribution >= 4 is 27.5 Å². The quantitative estimate of drug-likeness (QED) is 0.549.